The zero-order valence-corrected chi connectivity index (χ0v) is 13.0. The Morgan fingerprint density at radius 3 is 2.50 bits per heavy atom. The second-order valence-corrected chi connectivity index (χ2v) is 5.77. The number of nitrogens with one attached hydrogen (secondary N) is 1. The minimum atomic E-state index is -0.928. The fraction of sp³-hybridized carbons (Fsp3) is 0.294. The molecule has 7 heteroatoms. The van der Waals surface area contributed by atoms with Crippen molar-refractivity contribution in [3.05, 3.63) is 54.6 Å². The number of rotatable bonds is 5. The molecule has 124 valence electrons. The van der Waals surface area contributed by atoms with Gasteiger partial charge in [0.05, 0.1) is 18.4 Å². The third-order valence-corrected chi connectivity index (χ3v) is 4.12. The smallest absolute Gasteiger partial charge is 0.307 e. The maximum atomic E-state index is 12.4. The number of nitrogens with zero attached hydrogens (tertiary/aromatic N) is 3. The highest BCUT2D eigenvalue weighted by molar-refractivity contribution is 5.95. The first kappa shape index (κ1) is 15.9. The van der Waals surface area contributed by atoms with E-state index in [-0.39, 0.29) is 5.91 Å². The van der Waals surface area contributed by atoms with E-state index in [1.165, 1.54) is 6.33 Å². The van der Waals surface area contributed by atoms with Crippen molar-refractivity contribution in [2.75, 3.05) is 5.32 Å². The zero-order valence-electron chi connectivity index (χ0n) is 13.0. The van der Waals surface area contributed by atoms with Crippen LogP contribution < -0.4 is 5.32 Å². The van der Waals surface area contributed by atoms with E-state index in [0.29, 0.717) is 25.1 Å². The molecule has 0 aliphatic heterocycles. The van der Waals surface area contributed by atoms with Gasteiger partial charge in [-0.3, -0.25) is 9.59 Å². The highest BCUT2D eigenvalue weighted by atomic mass is 16.4. The number of carboxylic acids is 1. The fourth-order valence-electron chi connectivity index (χ4n) is 2.81. The molecule has 2 N–H and O–H groups in total. The van der Waals surface area contributed by atoms with Crippen molar-refractivity contribution >= 4 is 17.6 Å². The quantitative estimate of drug-likeness (QED) is 0.818. The topological polar surface area (TPSA) is 97.1 Å². The molecule has 0 saturated carbocycles. The van der Waals surface area contributed by atoms with Crippen molar-refractivity contribution in [1.29, 1.82) is 0 Å². The Morgan fingerprint density at radius 2 is 1.88 bits per heavy atom. The van der Waals surface area contributed by atoms with Crippen LogP contribution in [0, 0.1) is 11.8 Å². The monoisotopic (exact) mass is 326 g/mol. The van der Waals surface area contributed by atoms with Crippen molar-refractivity contribution in [1.82, 2.24) is 14.8 Å². The van der Waals surface area contributed by atoms with Gasteiger partial charge < -0.3 is 10.4 Å². The molecule has 2 unspecified atom stereocenters. The van der Waals surface area contributed by atoms with Gasteiger partial charge >= 0.3 is 5.97 Å². The van der Waals surface area contributed by atoms with E-state index in [0.717, 1.165) is 5.56 Å². The first-order valence-corrected chi connectivity index (χ1v) is 7.73. The highest BCUT2D eigenvalue weighted by Crippen LogP contribution is 2.27. The van der Waals surface area contributed by atoms with Crippen LogP contribution in [0.2, 0.25) is 0 Å². The maximum absolute atomic E-state index is 12.4. The van der Waals surface area contributed by atoms with E-state index < -0.39 is 17.8 Å². The summed E-state index contributed by atoms with van der Waals surface area (Å²) < 4.78 is 1.71. The Balaban J connectivity index is 1.63. The van der Waals surface area contributed by atoms with Crippen LogP contribution in [0.3, 0.4) is 0 Å². The Morgan fingerprint density at radius 1 is 1.17 bits per heavy atom. The van der Waals surface area contributed by atoms with Crippen LogP contribution in [0.25, 0.3) is 0 Å². The van der Waals surface area contributed by atoms with E-state index in [2.05, 4.69) is 15.4 Å². The van der Waals surface area contributed by atoms with Gasteiger partial charge in [-0.2, -0.15) is 5.10 Å². The molecule has 3 rings (SSSR count). The van der Waals surface area contributed by atoms with Crippen LogP contribution in [0.15, 0.2) is 49.1 Å². The molecule has 0 fully saturated rings. The molecule has 2 atom stereocenters. The van der Waals surface area contributed by atoms with Gasteiger partial charge in [0.15, 0.2) is 0 Å². The predicted molar refractivity (Wildman–Crippen MR) is 87.2 cm³/mol. The summed E-state index contributed by atoms with van der Waals surface area (Å²) in [7, 11) is 0. The molecule has 1 heterocycles. The first-order valence-electron chi connectivity index (χ1n) is 7.73. The number of allylic oxidation sites excluding steroid dienone is 2. The SMILES string of the molecule is O=C(O)C1CC=CCC1C(=O)Nc1ccc(Cn2cncn2)cc1. The second-order valence-electron chi connectivity index (χ2n) is 5.77. The van der Waals surface area contributed by atoms with Crippen molar-refractivity contribution in [3.8, 4) is 0 Å². The van der Waals surface area contributed by atoms with Crippen LogP contribution in [0.4, 0.5) is 5.69 Å². The molecule has 24 heavy (non-hydrogen) atoms. The van der Waals surface area contributed by atoms with Crippen LogP contribution in [0.5, 0.6) is 0 Å². The van der Waals surface area contributed by atoms with E-state index in [9.17, 15) is 14.7 Å². The summed E-state index contributed by atoms with van der Waals surface area (Å²) in [5.41, 5.74) is 1.68. The van der Waals surface area contributed by atoms with Crippen LogP contribution in [-0.2, 0) is 16.1 Å². The van der Waals surface area contributed by atoms with Crippen molar-refractivity contribution < 1.29 is 14.7 Å². The van der Waals surface area contributed by atoms with Gasteiger partial charge in [-0.15, -0.1) is 0 Å². The summed E-state index contributed by atoms with van der Waals surface area (Å²) in [6.45, 7) is 0.600. The number of carbonyl (C=O) groups excluding carboxylic acids is 1. The van der Waals surface area contributed by atoms with Gasteiger partial charge in [0.1, 0.15) is 12.7 Å². The number of amides is 1. The molecule has 7 nitrogen and oxygen atoms in total. The lowest BCUT2D eigenvalue weighted by molar-refractivity contribution is -0.146. The molecule has 1 aliphatic carbocycles. The van der Waals surface area contributed by atoms with Gasteiger partial charge in [-0.25, -0.2) is 9.67 Å². The molecular weight excluding hydrogens is 308 g/mol. The van der Waals surface area contributed by atoms with E-state index >= 15 is 0 Å². The fourth-order valence-corrected chi connectivity index (χ4v) is 2.81. The van der Waals surface area contributed by atoms with Crippen molar-refractivity contribution in [3.63, 3.8) is 0 Å². The molecule has 0 saturated heterocycles. The summed E-state index contributed by atoms with van der Waals surface area (Å²) in [5.74, 6) is -2.39. The summed E-state index contributed by atoms with van der Waals surface area (Å²) >= 11 is 0. The third-order valence-electron chi connectivity index (χ3n) is 4.12. The highest BCUT2D eigenvalue weighted by Gasteiger charge is 2.33. The number of hydrogen-bond acceptors (Lipinski definition) is 4. The maximum Gasteiger partial charge on any atom is 0.307 e. The Kier molecular flexibility index (Phi) is 4.69. The van der Waals surface area contributed by atoms with Gasteiger partial charge in [0.25, 0.3) is 0 Å². The lowest BCUT2D eigenvalue weighted by atomic mass is 9.82. The van der Waals surface area contributed by atoms with Crippen molar-refractivity contribution in [2.24, 2.45) is 11.8 Å². The van der Waals surface area contributed by atoms with Gasteiger partial charge in [0.2, 0.25) is 5.91 Å². The van der Waals surface area contributed by atoms with Gasteiger partial charge in [-0.05, 0) is 30.5 Å². The van der Waals surface area contributed by atoms with Crippen molar-refractivity contribution in [2.45, 2.75) is 19.4 Å². The molecule has 1 aliphatic rings. The Hall–Kier alpha value is -2.96. The first-order chi connectivity index (χ1) is 11.6. The Labute approximate surface area is 139 Å². The number of carbonyl (C=O) groups is 2. The standard InChI is InChI=1S/C17H18N4O3/c22-16(14-3-1-2-4-15(14)17(23)24)20-13-7-5-12(6-8-13)9-21-11-18-10-19-21/h1-2,5-8,10-11,14-15H,3-4,9H2,(H,20,22)(H,23,24). The number of benzene rings is 1. The van der Waals surface area contributed by atoms with Crippen LogP contribution in [0.1, 0.15) is 18.4 Å². The average Bonchev–Trinajstić information content (AvgIpc) is 3.09. The molecular formula is C17H18N4O3. The summed E-state index contributed by atoms with van der Waals surface area (Å²) in [6, 6.07) is 7.40. The Bertz CT molecular complexity index is 738. The average molecular weight is 326 g/mol. The minimum Gasteiger partial charge on any atom is -0.481 e. The second kappa shape index (κ2) is 7.08. The van der Waals surface area contributed by atoms with E-state index in [4.69, 9.17) is 0 Å². The predicted octanol–water partition coefficient (Wildman–Crippen LogP) is 1.93. The third kappa shape index (κ3) is 3.68. The molecule has 1 amide bonds. The summed E-state index contributed by atoms with van der Waals surface area (Å²) in [6.07, 6.45) is 7.65. The molecule has 0 bridgehead atoms. The molecule has 0 spiro atoms. The molecule has 1 aromatic carbocycles. The van der Waals surface area contributed by atoms with E-state index in [1.54, 1.807) is 23.1 Å². The lowest BCUT2D eigenvalue weighted by Gasteiger charge is -2.24. The van der Waals surface area contributed by atoms with E-state index in [1.807, 2.05) is 24.3 Å². The molecule has 0 radical (unpaired) electrons. The number of aromatic nitrogens is 3. The lowest BCUT2D eigenvalue weighted by Crippen LogP contribution is -2.34. The normalized spacial score (nSPS) is 19.8. The van der Waals surface area contributed by atoms with Gasteiger partial charge in [-0.1, -0.05) is 24.3 Å². The number of carboxylic acid groups (broad SMARTS) is 1. The van der Waals surface area contributed by atoms with Crippen LogP contribution >= 0.6 is 0 Å². The number of hydrogen-bond donors (Lipinski definition) is 2. The van der Waals surface area contributed by atoms with Crippen LogP contribution in [-0.4, -0.2) is 31.7 Å². The van der Waals surface area contributed by atoms with Gasteiger partial charge in [0, 0.05) is 5.69 Å². The summed E-state index contributed by atoms with van der Waals surface area (Å²) in [5, 5.41) is 16.1. The zero-order chi connectivity index (χ0) is 16.9. The molecule has 2 aromatic rings. The minimum absolute atomic E-state index is 0.254. The number of aliphatic carboxylic acids is 1. The number of anilines is 1. The largest absolute Gasteiger partial charge is 0.481 e. The molecule has 1 aromatic heterocycles. The summed E-state index contributed by atoms with van der Waals surface area (Å²) in [4.78, 5) is 27.6.